The summed E-state index contributed by atoms with van der Waals surface area (Å²) in [4.78, 5) is 12.7. The molecule has 1 aliphatic rings. The molecule has 33 heavy (non-hydrogen) atoms. The Balaban J connectivity index is 1.59. The summed E-state index contributed by atoms with van der Waals surface area (Å²) in [6.07, 6.45) is 4.36. The quantitative estimate of drug-likeness (QED) is 0.521. The second-order valence-electron chi connectivity index (χ2n) is 8.17. The highest BCUT2D eigenvalue weighted by Gasteiger charge is 2.25. The van der Waals surface area contributed by atoms with Crippen LogP contribution in [0.5, 0.6) is 5.75 Å². The van der Waals surface area contributed by atoms with Crippen LogP contribution in [0.25, 0.3) is 0 Å². The monoisotopic (exact) mass is 464 g/mol. The maximum Gasteiger partial charge on any atom is 0.264 e. The van der Waals surface area contributed by atoms with Crippen LogP contribution in [0.3, 0.4) is 0 Å². The lowest BCUT2D eigenvalue weighted by atomic mass is 10.1. The summed E-state index contributed by atoms with van der Waals surface area (Å²) in [6.45, 7) is 0.133. The van der Waals surface area contributed by atoms with Crippen molar-refractivity contribution in [3.63, 3.8) is 0 Å². The minimum atomic E-state index is -3.80. The topological polar surface area (TPSA) is 75.7 Å². The third-order valence-corrected chi connectivity index (χ3v) is 7.71. The number of carbonyl (C=O) groups is 1. The Bertz CT molecular complexity index is 1170. The van der Waals surface area contributed by atoms with Gasteiger partial charge >= 0.3 is 0 Å². The lowest BCUT2D eigenvalue weighted by Crippen LogP contribution is -2.32. The number of hydrogen-bond donors (Lipinski definition) is 1. The Labute approximate surface area is 195 Å². The van der Waals surface area contributed by atoms with E-state index in [1.165, 1.54) is 4.31 Å². The number of ether oxygens (including phenoxy) is 1. The molecule has 7 heteroatoms. The first kappa shape index (κ1) is 22.9. The van der Waals surface area contributed by atoms with Crippen molar-refractivity contribution in [1.29, 1.82) is 0 Å². The van der Waals surface area contributed by atoms with Gasteiger partial charge in [-0.3, -0.25) is 9.10 Å². The molecule has 1 N–H and O–H groups in total. The van der Waals surface area contributed by atoms with Gasteiger partial charge in [-0.1, -0.05) is 43.2 Å². The van der Waals surface area contributed by atoms with E-state index in [9.17, 15) is 13.2 Å². The van der Waals surface area contributed by atoms with Gasteiger partial charge in [-0.05, 0) is 66.9 Å². The number of rotatable bonds is 8. The van der Waals surface area contributed by atoms with Crippen LogP contribution in [-0.2, 0) is 16.6 Å². The van der Waals surface area contributed by atoms with Crippen molar-refractivity contribution >= 4 is 21.6 Å². The average molecular weight is 465 g/mol. The van der Waals surface area contributed by atoms with Crippen LogP contribution in [0, 0.1) is 0 Å². The second kappa shape index (κ2) is 10.1. The molecular formula is C26H28N2O4S. The first-order valence-electron chi connectivity index (χ1n) is 11.1. The highest BCUT2D eigenvalue weighted by atomic mass is 32.2. The number of benzene rings is 3. The molecule has 6 nitrogen and oxygen atoms in total. The summed E-state index contributed by atoms with van der Waals surface area (Å²) in [5.41, 5.74) is 1.89. The van der Waals surface area contributed by atoms with Gasteiger partial charge in [0, 0.05) is 11.6 Å². The zero-order valence-corrected chi connectivity index (χ0v) is 19.4. The van der Waals surface area contributed by atoms with Crippen LogP contribution in [-0.4, -0.2) is 27.5 Å². The highest BCUT2D eigenvalue weighted by Crippen LogP contribution is 2.28. The Morgan fingerprint density at radius 3 is 2.18 bits per heavy atom. The Kier molecular flexibility index (Phi) is 6.99. The fourth-order valence-electron chi connectivity index (χ4n) is 4.05. The summed E-state index contributed by atoms with van der Waals surface area (Å²) in [7, 11) is -2.23. The van der Waals surface area contributed by atoms with Crippen molar-refractivity contribution in [1.82, 2.24) is 5.32 Å². The predicted octanol–water partition coefficient (Wildman–Crippen LogP) is 4.76. The molecule has 0 radical (unpaired) electrons. The van der Waals surface area contributed by atoms with Crippen LogP contribution in [0.2, 0.25) is 0 Å². The molecule has 0 spiro atoms. The van der Waals surface area contributed by atoms with E-state index in [1.54, 1.807) is 86.0 Å². The summed E-state index contributed by atoms with van der Waals surface area (Å²) < 4.78 is 33.6. The lowest BCUT2D eigenvalue weighted by molar-refractivity contribution is 0.0938. The zero-order chi connectivity index (χ0) is 23.3. The SMILES string of the molecule is COc1ccc(N(Cc2ccc(C(=O)NC3CCCC3)cc2)S(=O)(=O)c2ccccc2)cc1. The molecule has 1 amide bonds. The highest BCUT2D eigenvalue weighted by molar-refractivity contribution is 7.92. The molecule has 1 saturated carbocycles. The van der Waals surface area contributed by atoms with Crippen LogP contribution in [0.4, 0.5) is 5.69 Å². The second-order valence-corrected chi connectivity index (χ2v) is 10.0. The van der Waals surface area contributed by atoms with Gasteiger partial charge < -0.3 is 10.1 Å². The van der Waals surface area contributed by atoms with E-state index >= 15 is 0 Å². The van der Waals surface area contributed by atoms with Crippen LogP contribution >= 0.6 is 0 Å². The molecule has 0 bridgehead atoms. The van der Waals surface area contributed by atoms with E-state index in [0.717, 1.165) is 31.2 Å². The molecule has 0 heterocycles. The number of carbonyl (C=O) groups excluding carboxylic acids is 1. The number of hydrogen-bond acceptors (Lipinski definition) is 4. The summed E-state index contributed by atoms with van der Waals surface area (Å²) in [5.74, 6) is 0.561. The number of sulfonamides is 1. The van der Waals surface area contributed by atoms with E-state index in [4.69, 9.17) is 4.74 Å². The van der Waals surface area contributed by atoms with E-state index in [2.05, 4.69) is 5.32 Å². The smallest absolute Gasteiger partial charge is 0.264 e. The van der Waals surface area contributed by atoms with E-state index < -0.39 is 10.0 Å². The minimum Gasteiger partial charge on any atom is -0.497 e. The van der Waals surface area contributed by atoms with Gasteiger partial charge in [0.15, 0.2) is 0 Å². The molecule has 0 atom stereocenters. The number of amides is 1. The molecule has 0 aliphatic heterocycles. The summed E-state index contributed by atoms with van der Waals surface area (Å²) in [5, 5.41) is 3.08. The number of nitrogens with one attached hydrogen (secondary N) is 1. The first-order valence-corrected chi connectivity index (χ1v) is 12.5. The van der Waals surface area contributed by atoms with Gasteiger partial charge in [-0.25, -0.2) is 8.42 Å². The first-order chi connectivity index (χ1) is 16.0. The average Bonchev–Trinajstić information content (AvgIpc) is 3.36. The maximum atomic E-state index is 13.5. The van der Waals surface area contributed by atoms with Crippen molar-refractivity contribution in [2.45, 2.75) is 43.2 Å². The van der Waals surface area contributed by atoms with Crippen LogP contribution in [0.1, 0.15) is 41.6 Å². The Morgan fingerprint density at radius 2 is 1.58 bits per heavy atom. The fourth-order valence-corrected chi connectivity index (χ4v) is 5.52. The van der Waals surface area contributed by atoms with Crippen LogP contribution in [0.15, 0.2) is 83.8 Å². The van der Waals surface area contributed by atoms with Gasteiger partial charge in [0.1, 0.15) is 5.75 Å². The van der Waals surface area contributed by atoms with Crippen LogP contribution < -0.4 is 14.4 Å². The fraction of sp³-hybridized carbons (Fsp3) is 0.269. The molecule has 172 valence electrons. The van der Waals surface area contributed by atoms with E-state index in [0.29, 0.717) is 17.0 Å². The maximum absolute atomic E-state index is 13.5. The lowest BCUT2D eigenvalue weighted by Gasteiger charge is -2.25. The Morgan fingerprint density at radius 1 is 0.939 bits per heavy atom. The summed E-state index contributed by atoms with van der Waals surface area (Å²) >= 11 is 0. The summed E-state index contributed by atoms with van der Waals surface area (Å²) in [6, 6.07) is 22.6. The molecule has 0 aromatic heterocycles. The Hall–Kier alpha value is -3.32. The number of nitrogens with zero attached hydrogens (tertiary/aromatic N) is 1. The van der Waals surface area contributed by atoms with Crippen molar-refractivity contribution in [3.8, 4) is 5.75 Å². The number of methoxy groups -OCH3 is 1. The minimum absolute atomic E-state index is 0.0858. The van der Waals surface area contributed by atoms with Crippen molar-refractivity contribution in [2.75, 3.05) is 11.4 Å². The molecule has 0 unspecified atom stereocenters. The van der Waals surface area contributed by atoms with Gasteiger partial charge in [-0.15, -0.1) is 0 Å². The molecule has 1 fully saturated rings. The molecule has 1 aliphatic carbocycles. The standard InChI is InChI=1S/C26H28N2O4S/c1-32-24-17-15-23(16-18-24)28(33(30,31)25-9-3-2-4-10-25)19-20-11-13-21(14-12-20)26(29)27-22-7-5-6-8-22/h2-4,9-18,22H,5-8,19H2,1H3,(H,27,29). The van der Waals surface area contributed by atoms with Gasteiger partial charge in [0.25, 0.3) is 15.9 Å². The molecule has 3 aromatic rings. The number of anilines is 1. The molecule has 3 aromatic carbocycles. The third-order valence-electron chi connectivity index (χ3n) is 5.92. The van der Waals surface area contributed by atoms with Gasteiger partial charge in [-0.2, -0.15) is 0 Å². The third kappa shape index (κ3) is 5.37. The van der Waals surface area contributed by atoms with Crippen molar-refractivity contribution in [2.24, 2.45) is 0 Å². The zero-order valence-electron chi connectivity index (χ0n) is 18.6. The largest absolute Gasteiger partial charge is 0.497 e. The van der Waals surface area contributed by atoms with E-state index in [-0.39, 0.29) is 23.4 Å². The molecule has 0 saturated heterocycles. The van der Waals surface area contributed by atoms with Gasteiger partial charge in [0.05, 0.1) is 24.2 Å². The van der Waals surface area contributed by atoms with E-state index in [1.807, 2.05) is 0 Å². The van der Waals surface area contributed by atoms with Crippen molar-refractivity contribution < 1.29 is 17.9 Å². The molecule has 4 rings (SSSR count). The van der Waals surface area contributed by atoms with Gasteiger partial charge in [0.2, 0.25) is 0 Å². The van der Waals surface area contributed by atoms with Crippen molar-refractivity contribution in [3.05, 3.63) is 90.0 Å². The molecular weight excluding hydrogens is 436 g/mol. The predicted molar refractivity (Wildman–Crippen MR) is 129 cm³/mol. The normalized spacial score (nSPS) is 14.1.